The molecule has 0 radical (unpaired) electrons. The molecule has 0 fully saturated rings. The molecule has 94 valence electrons. The van der Waals surface area contributed by atoms with Gasteiger partial charge in [-0.15, -0.1) is 0 Å². The Morgan fingerprint density at radius 3 is 2.44 bits per heavy atom. The zero-order valence-electron chi connectivity index (χ0n) is 10.3. The number of hydrogen-bond donors (Lipinski definition) is 3. The quantitative estimate of drug-likeness (QED) is 0.308. The average molecular weight is 230 g/mol. The van der Waals surface area contributed by atoms with Gasteiger partial charge in [-0.1, -0.05) is 0 Å². The van der Waals surface area contributed by atoms with Crippen molar-refractivity contribution in [2.24, 2.45) is 4.99 Å². The summed E-state index contributed by atoms with van der Waals surface area (Å²) in [6.07, 6.45) is 0. The van der Waals surface area contributed by atoms with Gasteiger partial charge in [0.2, 0.25) is 5.91 Å². The molecule has 0 aromatic heterocycles. The highest BCUT2D eigenvalue weighted by Gasteiger charge is 1.99. The summed E-state index contributed by atoms with van der Waals surface area (Å²) in [6.45, 7) is 6.64. The minimum absolute atomic E-state index is 0.0774. The third-order valence-electron chi connectivity index (χ3n) is 1.70. The zero-order chi connectivity index (χ0) is 12.2. The van der Waals surface area contributed by atoms with Gasteiger partial charge in [-0.25, -0.2) is 4.99 Å². The second kappa shape index (κ2) is 10.2. The Balaban J connectivity index is 3.96. The van der Waals surface area contributed by atoms with E-state index in [0.29, 0.717) is 25.7 Å². The topological polar surface area (TPSA) is 74.8 Å². The van der Waals surface area contributed by atoms with Crippen molar-refractivity contribution in [1.29, 1.82) is 0 Å². The summed E-state index contributed by atoms with van der Waals surface area (Å²) in [5.74, 6) is 0.553. The van der Waals surface area contributed by atoms with Crippen LogP contribution >= 0.6 is 0 Å². The van der Waals surface area contributed by atoms with Gasteiger partial charge in [0.15, 0.2) is 5.96 Å². The van der Waals surface area contributed by atoms with Crippen LogP contribution in [0.5, 0.6) is 0 Å². The van der Waals surface area contributed by atoms with Crippen LogP contribution in [0.1, 0.15) is 13.8 Å². The molecular weight excluding hydrogens is 208 g/mol. The minimum atomic E-state index is -0.0774. The first-order chi connectivity index (χ1) is 7.74. The van der Waals surface area contributed by atoms with Gasteiger partial charge in [0, 0.05) is 26.7 Å². The normalized spacial score (nSPS) is 11.1. The first kappa shape index (κ1) is 14.7. The van der Waals surface area contributed by atoms with E-state index in [0.717, 1.165) is 6.54 Å². The Kier molecular flexibility index (Phi) is 9.39. The number of rotatable bonds is 7. The summed E-state index contributed by atoms with van der Waals surface area (Å²) >= 11 is 0. The van der Waals surface area contributed by atoms with Crippen LogP contribution in [-0.4, -0.2) is 51.8 Å². The number of hydrogen-bond acceptors (Lipinski definition) is 3. The fourth-order valence-corrected chi connectivity index (χ4v) is 1.02. The SMILES string of the molecule is CCNC(=O)CN=C(NCC)NCCOC. The number of amides is 1. The van der Waals surface area contributed by atoms with E-state index in [1.54, 1.807) is 7.11 Å². The molecule has 6 heteroatoms. The molecule has 0 aromatic rings. The lowest BCUT2D eigenvalue weighted by Crippen LogP contribution is -2.39. The van der Waals surface area contributed by atoms with Gasteiger partial charge in [-0.3, -0.25) is 4.79 Å². The lowest BCUT2D eigenvalue weighted by molar-refractivity contribution is -0.119. The maximum atomic E-state index is 11.2. The van der Waals surface area contributed by atoms with Crippen molar-refractivity contribution in [2.45, 2.75) is 13.8 Å². The second-order valence-corrected chi connectivity index (χ2v) is 3.07. The fourth-order valence-electron chi connectivity index (χ4n) is 1.02. The van der Waals surface area contributed by atoms with Crippen LogP contribution in [0.25, 0.3) is 0 Å². The van der Waals surface area contributed by atoms with Crippen molar-refractivity contribution in [3.63, 3.8) is 0 Å². The Bertz CT molecular complexity index is 219. The number of guanidine groups is 1. The Labute approximate surface area is 96.8 Å². The molecule has 1 amide bonds. The van der Waals surface area contributed by atoms with Crippen molar-refractivity contribution < 1.29 is 9.53 Å². The third-order valence-corrected chi connectivity index (χ3v) is 1.70. The van der Waals surface area contributed by atoms with Crippen LogP contribution in [-0.2, 0) is 9.53 Å². The van der Waals surface area contributed by atoms with E-state index in [1.807, 2.05) is 13.8 Å². The van der Waals surface area contributed by atoms with E-state index in [2.05, 4.69) is 20.9 Å². The molecule has 6 nitrogen and oxygen atoms in total. The van der Waals surface area contributed by atoms with Crippen molar-refractivity contribution in [2.75, 3.05) is 39.9 Å². The van der Waals surface area contributed by atoms with E-state index in [9.17, 15) is 4.79 Å². The van der Waals surface area contributed by atoms with Gasteiger partial charge < -0.3 is 20.7 Å². The van der Waals surface area contributed by atoms with Crippen LogP contribution in [0.15, 0.2) is 4.99 Å². The monoisotopic (exact) mass is 230 g/mol. The lowest BCUT2D eigenvalue weighted by Gasteiger charge is -2.10. The molecule has 16 heavy (non-hydrogen) atoms. The lowest BCUT2D eigenvalue weighted by atomic mass is 10.5. The molecule has 0 aromatic carbocycles. The highest BCUT2D eigenvalue weighted by atomic mass is 16.5. The molecule has 0 bridgehead atoms. The van der Waals surface area contributed by atoms with Crippen LogP contribution < -0.4 is 16.0 Å². The predicted molar refractivity (Wildman–Crippen MR) is 64.5 cm³/mol. The van der Waals surface area contributed by atoms with Gasteiger partial charge in [0.05, 0.1) is 6.61 Å². The largest absolute Gasteiger partial charge is 0.383 e. The summed E-state index contributed by atoms with van der Waals surface area (Å²) < 4.78 is 4.91. The van der Waals surface area contributed by atoms with Gasteiger partial charge in [-0.05, 0) is 13.8 Å². The zero-order valence-corrected chi connectivity index (χ0v) is 10.3. The molecule has 0 rings (SSSR count). The van der Waals surface area contributed by atoms with Crippen LogP contribution in [0.4, 0.5) is 0 Å². The molecule has 0 aliphatic rings. The molecule has 0 saturated heterocycles. The first-order valence-corrected chi connectivity index (χ1v) is 5.52. The van der Waals surface area contributed by atoms with Gasteiger partial charge in [0.1, 0.15) is 6.54 Å². The Hall–Kier alpha value is -1.30. The van der Waals surface area contributed by atoms with E-state index in [-0.39, 0.29) is 12.5 Å². The van der Waals surface area contributed by atoms with Crippen molar-refractivity contribution >= 4 is 11.9 Å². The summed E-state index contributed by atoms with van der Waals surface area (Å²) in [5.41, 5.74) is 0. The number of carbonyl (C=O) groups is 1. The molecule has 0 aliphatic heterocycles. The van der Waals surface area contributed by atoms with Crippen molar-refractivity contribution in [3.8, 4) is 0 Å². The number of nitrogens with one attached hydrogen (secondary N) is 3. The molecular formula is C10H22N4O2. The fraction of sp³-hybridized carbons (Fsp3) is 0.800. The maximum absolute atomic E-state index is 11.2. The smallest absolute Gasteiger partial charge is 0.241 e. The number of nitrogens with zero attached hydrogens (tertiary/aromatic N) is 1. The number of carbonyl (C=O) groups excluding carboxylic acids is 1. The number of ether oxygens (including phenoxy) is 1. The van der Waals surface area contributed by atoms with E-state index in [1.165, 1.54) is 0 Å². The van der Waals surface area contributed by atoms with Crippen molar-refractivity contribution in [1.82, 2.24) is 16.0 Å². The summed E-state index contributed by atoms with van der Waals surface area (Å²) in [6, 6.07) is 0. The molecule has 0 atom stereocenters. The highest BCUT2D eigenvalue weighted by Crippen LogP contribution is 1.75. The average Bonchev–Trinajstić information content (AvgIpc) is 2.26. The van der Waals surface area contributed by atoms with Crippen LogP contribution in [0.2, 0.25) is 0 Å². The summed E-state index contributed by atoms with van der Waals surface area (Å²) in [4.78, 5) is 15.3. The van der Waals surface area contributed by atoms with E-state index >= 15 is 0 Å². The molecule has 0 unspecified atom stereocenters. The number of methoxy groups -OCH3 is 1. The molecule has 0 spiro atoms. The first-order valence-electron chi connectivity index (χ1n) is 5.52. The van der Waals surface area contributed by atoms with Crippen LogP contribution in [0.3, 0.4) is 0 Å². The predicted octanol–water partition coefficient (Wildman–Crippen LogP) is -0.676. The Morgan fingerprint density at radius 2 is 1.88 bits per heavy atom. The minimum Gasteiger partial charge on any atom is -0.383 e. The van der Waals surface area contributed by atoms with Crippen molar-refractivity contribution in [3.05, 3.63) is 0 Å². The van der Waals surface area contributed by atoms with Gasteiger partial charge >= 0.3 is 0 Å². The maximum Gasteiger partial charge on any atom is 0.241 e. The summed E-state index contributed by atoms with van der Waals surface area (Å²) in [7, 11) is 1.64. The third kappa shape index (κ3) is 8.05. The van der Waals surface area contributed by atoms with E-state index < -0.39 is 0 Å². The van der Waals surface area contributed by atoms with Crippen LogP contribution in [0, 0.1) is 0 Å². The van der Waals surface area contributed by atoms with E-state index in [4.69, 9.17) is 4.74 Å². The van der Waals surface area contributed by atoms with Gasteiger partial charge in [-0.2, -0.15) is 0 Å². The van der Waals surface area contributed by atoms with Gasteiger partial charge in [0.25, 0.3) is 0 Å². The molecule has 3 N–H and O–H groups in total. The highest BCUT2D eigenvalue weighted by molar-refractivity contribution is 5.84. The summed E-state index contributed by atoms with van der Waals surface area (Å²) in [5, 5.41) is 8.78. The molecule has 0 saturated carbocycles. The molecule has 0 aliphatic carbocycles. The number of aliphatic imine (C=N–C) groups is 1. The molecule has 0 heterocycles. The standard InChI is InChI=1S/C10H22N4O2/c1-4-11-9(15)8-14-10(12-5-2)13-6-7-16-3/h4-8H2,1-3H3,(H,11,15)(H2,12,13,14). The number of likely N-dealkylation sites (N-methyl/N-ethyl adjacent to an activating group) is 1. The Morgan fingerprint density at radius 1 is 1.19 bits per heavy atom. The second-order valence-electron chi connectivity index (χ2n) is 3.07.